The molecule has 0 bridgehead atoms. The first kappa shape index (κ1) is 8.74. The number of hydrogen-bond acceptors (Lipinski definition) is 2. The molecule has 4 heteroatoms. The third-order valence-electron chi connectivity index (χ3n) is 1.38. The normalized spacial score (nSPS) is 12.9. The van der Waals surface area contributed by atoms with Crippen LogP contribution in [-0.2, 0) is 4.79 Å². The summed E-state index contributed by atoms with van der Waals surface area (Å²) in [6, 6.07) is 1.84. The largest absolute Gasteiger partial charge is 0.481 e. The summed E-state index contributed by atoms with van der Waals surface area (Å²) in [5.74, 6) is -1.18. The van der Waals surface area contributed by atoms with E-state index in [0.717, 1.165) is 9.35 Å². The fourth-order valence-corrected chi connectivity index (χ4v) is 2.17. The van der Waals surface area contributed by atoms with E-state index in [9.17, 15) is 4.79 Å². The molecule has 1 aromatic heterocycles. The Labute approximate surface area is 77.0 Å². The van der Waals surface area contributed by atoms with Crippen molar-refractivity contribution in [2.24, 2.45) is 0 Å². The van der Waals surface area contributed by atoms with Gasteiger partial charge < -0.3 is 5.11 Å². The summed E-state index contributed by atoms with van der Waals surface area (Å²) in [5.41, 5.74) is 0. The van der Waals surface area contributed by atoms with Crippen LogP contribution in [0.15, 0.2) is 15.9 Å². The van der Waals surface area contributed by atoms with Crippen LogP contribution in [0.5, 0.6) is 0 Å². The van der Waals surface area contributed by atoms with Gasteiger partial charge in [-0.15, -0.1) is 11.3 Å². The number of thiophene rings is 1. The fourth-order valence-electron chi connectivity index (χ4n) is 0.677. The summed E-state index contributed by atoms with van der Waals surface area (Å²) in [5, 5.41) is 10.5. The summed E-state index contributed by atoms with van der Waals surface area (Å²) < 4.78 is 0.950. The van der Waals surface area contributed by atoms with Gasteiger partial charge in [-0.1, -0.05) is 0 Å². The Morgan fingerprint density at radius 3 is 2.82 bits per heavy atom. The highest BCUT2D eigenvalue weighted by molar-refractivity contribution is 9.10. The van der Waals surface area contributed by atoms with Gasteiger partial charge in [-0.25, -0.2) is 0 Å². The van der Waals surface area contributed by atoms with Crippen molar-refractivity contribution in [3.63, 3.8) is 0 Å². The number of halogens is 1. The Morgan fingerprint density at radius 1 is 1.82 bits per heavy atom. The molecule has 11 heavy (non-hydrogen) atoms. The van der Waals surface area contributed by atoms with Crippen LogP contribution in [0.1, 0.15) is 17.7 Å². The Bertz CT molecular complexity index is 269. The van der Waals surface area contributed by atoms with E-state index in [0.29, 0.717) is 0 Å². The topological polar surface area (TPSA) is 37.3 Å². The number of hydrogen-bond donors (Lipinski definition) is 1. The average Bonchev–Trinajstić information content (AvgIpc) is 2.34. The lowest BCUT2D eigenvalue weighted by molar-refractivity contribution is -0.138. The van der Waals surface area contributed by atoms with Gasteiger partial charge in [0.2, 0.25) is 0 Å². The highest BCUT2D eigenvalue weighted by atomic mass is 79.9. The molecule has 2 nitrogen and oxygen atoms in total. The molecule has 1 N–H and O–H groups in total. The molecule has 0 radical (unpaired) electrons. The summed E-state index contributed by atoms with van der Waals surface area (Å²) in [7, 11) is 0. The summed E-state index contributed by atoms with van der Waals surface area (Å²) >= 11 is 4.73. The third kappa shape index (κ3) is 2.04. The summed E-state index contributed by atoms with van der Waals surface area (Å²) in [4.78, 5) is 11.4. The van der Waals surface area contributed by atoms with E-state index in [1.165, 1.54) is 11.3 Å². The zero-order valence-corrected chi connectivity index (χ0v) is 8.28. The molecule has 0 amide bonds. The number of carboxylic acid groups (broad SMARTS) is 1. The smallest absolute Gasteiger partial charge is 0.311 e. The summed E-state index contributed by atoms with van der Waals surface area (Å²) in [6.07, 6.45) is 0. The van der Waals surface area contributed by atoms with Crippen molar-refractivity contribution in [2.45, 2.75) is 12.8 Å². The lowest BCUT2D eigenvalue weighted by Gasteiger charge is -1.99. The van der Waals surface area contributed by atoms with Crippen molar-refractivity contribution in [1.82, 2.24) is 0 Å². The molecular weight excluding hydrogens is 228 g/mol. The second-order valence-electron chi connectivity index (χ2n) is 2.23. The monoisotopic (exact) mass is 234 g/mol. The third-order valence-corrected chi connectivity index (χ3v) is 3.26. The fraction of sp³-hybridized carbons (Fsp3) is 0.286. The SMILES string of the molecule is C[C@@H](C(=O)O)c1cc(Br)cs1. The maximum absolute atomic E-state index is 10.5. The Morgan fingerprint density at radius 2 is 2.45 bits per heavy atom. The Kier molecular flexibility index (Phi) is 2.67. The van der Waals surface area contributed by atoms with Crippen molar-refractivity contribution < 1.29 is 9.90 Å². The molecule has 0 saturated carbocycles. The van der Waals surface area contributed by atoms with Gasteiger partial charge in [0.1, 0.15) is 0 Å². The van der Waals surface area contributed by atoms with Gasteiger partial charge in [-0.05, 0) is 28.9 Å². The Hall–Kier alpha value is -0.350. The maximum Gasteiger partial charge on any atom is 0.311 e. The van der Waals surface area contributed by atoms with Crippen LogP contribution >= 0.6 is 27.3 Å². The minimum Gasteiger partial charge on any atom is -0.481 e. The van der Waals surface area contributed by atoms with Gasteiger partial charge >= 0.3 is 5.97 Å². The van der Waals surface area contributed by atoms with Gasteiger partial charge in [0.25, 0.3) is 0 Å². The van der Waals surface area contributed by atoms with Crippen LogP contribution in [0.2, 0.25) is 0 Å². The van der Waals surface area contributed by atoms with Crippen molar-refractivity contribution in [1.29, 1.82) is 0 Å². The molecule has 0 unspecified atom stereocenters. The maximum atomic E-state index is 10.5. The summed E-state index contributed by atoms with van der Waals surface area (Å²) in [6.45, 7) is 1.68. The molecular formula is C7H7BrO2S. The van der Waals surface area contributed by atoms with Gasteiger partial charge in [0, 0.05) is 14.7 Å². The number of carbonyl (C=O) groups is 1. The van der Waals surface area contributed by atoms with Crippen LogP contribution in [0.25, 0.3) is 0 Å². The first-order valence-electron chi connectivity index (χ1n) is 3.08. The van der Waals surface area contributed by atoms with Crippen molar-refractivity contribution in [3.8, 4) is 0 Å². The average molecular weight is 235 g/mol. The van der Waals surface area contributed by atoms with E-state index < -0.39 is 11.9 Å². The molecule has 60 valence electrons. The quantitative estimate of drug-likeness (QED) is 0.855. The lowest BCUT2D eigenvalue weighted by Crippen LogP contribution is -2.04. The molecule has 1 atom stereocenters. The predicted molar refractivity (Wildman–Crippen MR) is 48.1 cm³/mol. The van der Waals surface area contributed by atoms with Gasteiger partial charge in [-0.2, -0.15) is 0 Å². The van der Waals surface area contributed by atoms with E-state index in [4.69, 9.17) is 5.11 Å². The molecule has 0 aliphatic rings. The first-order chi connectivity index (χ1) is 5.11. The second-order valence-corrected chi connectivity index (χ2v) is 4.09. The molecule has 0 aliphatic heterocycles. The van der Waals surface area contributed by atoms with Gasteiger partial charge in [0.05, 0.1) is 5.92 Å². The molecule has 0 spiro atoms. The highest BCUT2D eigenvalue weighted by Gasteiger charge is 2.14. The number of carboxylic acids is 1. The van der Waals surface area contributed by atoms with Crippen molar-refractivity contribution in [3.05, 3.63) is 20.8 Å². The van der Waals surface area contributed by atoms with E-state index in [-0.39, 0.29) is 0 Å². The Balaban J connectivity index is 2.84. The number of rotatable bonds is 2. The molecule has 0 fully saturated rings. The molecule has 0 aliphatic carbocycles. The molecule has 0 aromatic carbocycles. The highest BCUT2D eigenvalue weighted by Crippen LogP contribution is 2.26. The zero-order chi connectivity index (χ0) is 8.43. The minimum atomic E-state index is -0.778. The van der Waals surface area contributed by atoms with Crippen molar-refractivity contribution >= 4 is 33.2 Å². The first-order valence-corrected chi connectivity index (χ1v) is 4.75. The lowest BCUT2D eigenvalue weighted by atomic mass is 10.1. The van der Waals surface area contributed by atoms with E-state index >= 15 is 0 Å². The van der Waals surface area contributed by atoms with Crippen LogP contribution in [0.3, 0.4) is 0 Å². The molecule has 1 rings (SSSR count). The predicted octanol–water partition coefficient (Wildman–Crippen LogP) is 2.70. The molecule has 0 saturated heterocycles. The van der Waals surface area contributed by atoms with E-state index in [2.05, 4.69) is 15.9 Å². The van der Waals surface area contributed by atoms with E-state index in [1.54, 1.807) is 6.92 Å². The van der Waals surface area contributed by atoms with Crippen molar-refractivity contribution in [2.75, 3.05) is 0 Å². The van der Waals surface area contributed by atoms with Gasteiger partial charge in [-0.3, -0.25) is 4.79 Å². The standard InChI is InChI=1S/C7H7BrO2S/c1-4(7(9)10)6-2-5(8)3-11-6/h2-4H,1H3,(H,9,10)/t4-/m1/s1. The van der Waals surface area contributed by atoms with Crippen LogP contribution in [-0.4, -0.2) is 11.1 Å². The van der Waals surface area contributed by atoms with Crippen LogP contribution < -0.4 is 0 Å². The van der Waals surface area contributed by atoms with Crippen LogP contribution in [0, 0.1) is 0 Å². The van der Waals surface area contributed by atoms with E-state index in [1.807, 2.05) is 11.4 Å². The molecule has 1 aromatic rings. The van der Waals surface area contributed by atoms with Gasteiger partial charge in [0.15, 0.2) is 0 Å². The van der Waals surface area contributed by atoms with Crippen LogP contribution in [0.4, 0.5) is 0 Å². The minimum absolute atomic E-state index is 0.397. The molecule has 1 heterocycles. The zero-order valence-electron chi connectivity index (χ0n) is 5.87. The second kappa shape index (κ2) is 3.36. The number of aliphatic carboxylic acids is 1.